The molecule has 1 heterocycles. The van der Waals surface area contributed by atoms with Gasteiger partial charge in [-0.15, -0.1) is 0 Å². The molecule has 0 radical (unpaired) electrons. The van der Waals surface area contributed by atoms with Gasteiger partial charge in [-0.2, -0.15) is 0 Å². The maximum absolute atomic E-state index is 6.01. The largest absolute Gasteiger partial charge is 0.371 e. The Labute approximate surface area is 137 Å². The average molecular weight is 316 g/mol. The van der Waals surface area contributed by atoms with Crippen LogP contribution in [0.3, 0.4) is 0 Å². The van der Waals surface area contributed by atoms with Gasteiger partial charge < -0.3 is 5.32 Å². The smallest absolute Gasteiger partial charge is 0.0849 e. The third-order valence-electron chi connectivity index (χ3n) is 3.59. The lowest BCUT2D eigenvalue weighted by atomic mass is 10.1. The molecule has 0 aliphatic carbocycles. The van der Waals surface area contributed by atoms with Gasteiger partial charge in [0.2, 0.25) is 0 Å². The number of nitrogens with one attached hydrogen (secondary N) is 1. The molecule has 116 valence electrons. The molecule has 1 atom stereocenters. The van der Waals surface area contributed by atoms with E-state index in [1.165, 1.54) is 0 Å². The Balaban J connectivity index is 2.09. The van der Waals surface area contributed by atoms with E-state index in [4.69, 9.17) is 11.6 Å². The minimum absolute atomic E-state index is 0.0804. The summed E-state index contributed by atoms with van der Waals surface area (Å²) in [6.45, 7) is 9.25. The average Bonchev–Trinajstić information content (AvgIpc) is 2.51. The number of fused-ring (bicyclic) bond motifs is 1. The third-order valence-corrected chi connectivity index (χ3v) is 3.83. The fraction of sp³-hybridized carbons (Fsp3) is 0.389. The van der Waals surface area contributed by atoms with Crippen LogP contribution in [0.2, 0.25) is 5.02 Å². The number of halogens is 1. The van der Waals surface area contributed by atoms with Gasteiger partial charge in [0.25, 0.3) is 0 Å². The van der Waals surface area contributed by atoms with Gasteiger partial charge in [-0.25, -0.2) is 0 Å². The number of pyridine rings is 1. The van der Waals surface area contributed by atoms with Gasteiger partial charge in [0, 0.05) is 22.3 Å². The van der Waals surface area contributed by atoms with Crippen LogP contribution in [0.5, 0.6) is 0 Å². The zero-order chi connectivity index (χ0) is 15.9. The standard InChI is InChI=1S/C18H22ClN3/c1-4-22(5-2)12-6-7-14(3)21-17-10-11-20-18-13-15(19)8-9-16(17)18/h8-11,13-14H,4-5,12H2,1-3H3,(H,20,21)/t14-/m1/s1. The van der Waals surface area contributed by atoms with Crippen LogP contribution in [0.1, 0.15) is 20.8 Å². The maximum atomic E-state index is 6.01. The SMILES string of the molecule is CCN(CC)CC#C[C@@H](C)Nc1ccnc2cc(Cl)ccc12. The van der Waals surface area contributed by atoms with E-state index < -0.39 is 0 Å². The fourth-order valence-electron chi connectivity index (χ4n) is 2.27. The summed E-state index contributed by atoms with van der Waals surface area (Å²) in [4.78, 5) is 6.65. The molecule has 2 aromatic rings. The van der Waals surface area contributed by atoms with Crippen molar-refractivity contribution >= 4 is 28.2 Å². The topological polar surface area (TPSA) is 28.2 Å². The highest BCUT2D eigenvalue weighted by atomic mass is 35.5. The van der Waals surface area contributed by atoms with Crippen molar-refractivity contribution < 1.29 is 0 Å². The van der Waals surface area contributed by atoms with Gasteiger partial charge >= 0.3 is 0 Å². The normalized spacial score (nSPS) is 12.0. The maximum Gasteiger partial charge on any atom is 0.0849 e. The summed E-state index contributed by atoms with van der Waals surface area (Å²) >= 11 is 6.01. The Morgan fingerprint density at radius 3 is 2.77 bits per heavy atom. The highest BCUT2D eigenvalue weighted by Gasteiger charge is 2.04. The van der Waals surface area contributed by atoms with E-state index in [9.17, 15) is 0 Å². The van der Waals surface area contributed by atoms with Crippen molar-refractivity contribution in [3.05, 3.63) is 35.5 Å². The van der Waals surface area contributed by atoms with Crippen molar-refractivity contribution in [2.24, 2.45) is 0 Å². The number of anilines is 1. The Hall–Kier alpha value is -1.76. The highest BCUT2D eigenvalue weighted by Crippen LogP contribution is 2.24. The van der Waals surface area contributed by atoms with Crippen molar-refractivity contribution in [3.63, 3.8) is 0 Å². The minimum Gasteiger partial charge on any atom is -0.371 e. The van der Waals surface area contributed by atoms with E-state index in [0.29, 0.717) is 5.02 Å². The predicted molar refractivity (Wildman–Crippen MR) is 95.4 cm³/mol. The molecule has 4 heteroatoms. The van der Waals surface area contributed by atoms with Crippen LogP contribution in [-0.4, -0.2) is 35.6 Å². The molecule has 2 rings (SSSR count). The second-order valence-electron chi connectivity index (χ2n) is 5.17. The fourth-order valence-corrected chi connectivity index (χ4v) is 2.44. The molecular weight excluding hydrogens is 294 g/mol. The van der Waals surface area contributed by atoms with Gasteiger partial charge in [0.1, 0.15) is 0 Å². The van der Waals surface area contributed by atoms with Crippen LogP contribution < -0.4 is 5.32 Å². The lowest BCUT2D eigenvalue weighted by molar-refractivity contribution is 0.342. The molecule has 0 saturated heterocycles. The Bertz CT molecular complexity index is 684. The summed E-state index contributed by atoms with van der Waals surface area (Å²) in [6, 6.07) is 7.80. The van der Waals surface area contributed by atoms with Crippen LogP contribution in [0.4, 0.5) is 5.69 Å². The zero-order valence-electron chi connectivity index (χ0n) is 13.4. The van der Waals surface area contributed by atoms with Crippen molar-refractivity contribution in [2.45, 2.75) is 26.8 Å². The van der Waals surface area contributed by atoms with Crippen molar-refractivity contribution in [1.82, 2.24) is 9.88 Å². The number of hydrogen-bond acceptors (Lipinski definition) is 3. The third kappa shape index (κ3) is 4.37. The summed E-state index contributed by atoms with van der Waals surface area (Å²) in [5, 5.41) is 5.20. The van der Waals surface area contributed by atoms with E-state index in [1.54, 1.807) is 6.20 Å². The van der Waals surface area contributed by atoms with Crippen molar-refractivity contribution in [2.75, 3.05) is 25.0 Å². The van der Waals surface area contributed by atoms with E-state index >= 15 is 0 Å². The molecule has 1 N–H and O–H groups in total. The van der Waals surface area contributed by atoms with Gasteiger partial charge in [-0.3, -0.25) is 9.88 Å². The zero-order valence-corrected chi connectivity index (χ0v) is 14.1. The Kier molecular flexibility index (Phi) is 6.06. The van der Waals surface area contributed by atoms with E-state index in [1.807, 2.05) is 24.3 Å². The van der Waals surface area contributed by atoms with E-state index in [-0.39, 0.29) is 6.04 Å². The number of nitrogens with zero attached hydrogens (tertiary/aromatic N) is 2. The molecule has 1 aromatic carbocycles. The molecule has 0 saturated carbocycles. The molecule has 0 aliphatic rings. The molecule has 22 heavy (non-hydrogen) atoms. The minimum atomic E-state index is 0.0804. The number of rotatable bonds is 5. The second-order valence-corrected chi connectivity index (χ2v) is 5.60. The molecule has 0 bridgehead atoms. The Morgan fingerprint density at radius 1 is 1.27 bits per heavy atom. The monoisotopic (exact) mass is 315 g/mol. The first-order chi connectivity index (χ1) is 10.6. The predicted octanol–water partition coefficient (Wildman–Crippen LogP) is 4.03. The first-order valence-corrected chi connectivity index (χ1v) is 8.03. The van der Waals surface area contributed by atoms with Crippen LogP contribution in [-0.2, 0) is 0 Å². The summed E-state index contributed by atoms with van der Waals surface area (Å²) < 4.78 is 0. The first-order valence-electron chi connectivity index (χ1n) is 7.65. The van der Waals surface area contributed by atoms with Crippen molar-refractivity contribution in [3.8, 4) is 11.8 Å². The molecule has 0 aliphatic heterocycles. The number of benzene rings is 1. The van der Waals surface area contributed by atoms with E-state index in [2.05, 4.69) is 47.8 Å². The van der Waals surface area contributed by atoms with Gasteiger partial charge in [-0.1, -0.05) is 37.3 Å². The molecule has 1 aromatic heterocycles. The summed E-state index contributed by atoms with van der Waals surface area (Å²) in [6.07, 6.45) is 1.79. The lowest BCUT2D eigenvalue weighted by Gasteiger charge is -2.14. The quantitative estimate of drug-likeness (QED) is 0.844. The second kappa shape index (κ2) is 8.03. The lowest BCUT2D eigenvalue weighted by Crippen LogP contribution is -2.23. The molecular formula is C18H22ClN3. The van der Waals surface area contributed by atoms with Crippen LogP contribution >= 0.6 is 11.6 Å². The summed E-state index contributed by atoms with van der Waals surface area (Å²) in [7, 11) is 0. The first kappa shape index (κ1) is 16.6. The summed E-state index contributed by atoms with van der Waals surface area (Å²) in [5.41, 5.74) is 1.92. The molecule has 0 amide bonds. The molecule has 0 unspecified atom stereocenters. The van der Waals surface area contributed by atoms with Crippen LogP contribution in [0.25, 0.3) is 10.9 Å². The Morgan fingerprint density at radius 2 is 2.05 bits per heavy atom. The van der Waals surface area contributed by atoms with Gasteiger partial charge in [-0.05, 0) is 44.3 Å². The van der Waals surface area contributed by atoms with Gasteiger partial charge in [0.15, 0.2) is 0 Å². The van der Waals surface area contributed by atoms with Crippen LogP contribution in [0.15, 0.2) is 30.5 Å². The molecule has 3 nitrogen and oxygen atoms in total. The highest BCUT2D eigenvalue weighted by molar-refractivity contribution is 6.31. The number of hydrogen-bond donors (Lipinski definition) is 1. The number of aromatic nitrogens is 1. The van der Waals surface area contributed by atoms with Gasteiger partial charge in [0.05, 0.1) is 18.1 Å². The van der Waals surface area contributed by atoms with Crippen LogP contribution in [0, 0.1) is 11.8 Å². The summed E-state index contributed by atoms with van der Waals surface area (Å²) in [5.74, 6) is 6.50. The molecule has 0 fully saturated rings. The van der Waals surface area contributed by atoms with E-state index in [0.717, 1.165) is 36.2 Å². The van der Waals surface area contributed by atoms with Crippen molar-refractivity contribution in [1.29, 1.82) is 0 Å². The molecule has 0 spiro atoms.